The van der Waals surface area contributed by atoms with Crippen molar-refractivity contribution in [1.29, 1.82) is 0 Å². The number of carbonyl (C=O) groups excluding carboxylic acids is 1. The van der Waals surface area contributed by atoms with E-state index in [2.05, 4.69) is 33.8 Å². The largest absolute Gasteiger partial charge is 0.387 e. The number of β-amino-alcohol motifs (C(OH)–C–C–N with tert-alkyl or cyclic N) is 1. The fourth-order valence-corrected chi connectivity index (χ4v) is 5.67. The number of sulfonamides is 1. The smallest absolute Gasteiger partial charge is 0.261 e. The van der Waals surface area contributed by atoms with Crippen LogP contribution < -0.4 is 21.1 Å². The molecular weight excluding hydrogens is 550 g/mol. The van der Waals surface area contributed by atoms with E-state index in [4.69, 9.17) is 5.73 Å². The Morgan fingerprint density at radius 1 is 0.976 bits per heavy atom. The normalized spacial score (nSPS) is 13.7. The molecule has 0 saturated heterocycles. The van der Waals surface area contributed by atoms with E-state index < -0.39 is 22.2 Å². The Kier molecular flexibility index (Phi) is 9.73. The van der Waals surface area contributed by atoms with E-state index in [1.54, 1.807) is 42.5 Å². The Hall–Kier alpha value is -3.70. The summed E-state index contributed by atoms with van der Waals surface area (Å²) < 4.78 is 30.1. The van der Waals surface area contributed by atoms with Crippen LogP contribution in [0.4, 0.5) is 11.4 Å². The molecule has 0 aliphatic rings. The zero-order valence-corrected chi connectivity index (χ0v) is 25.4. The first-order valence-electron chi connectivity index (χ1n) is 14.1. The van der Waals surface area contributed by atoms with Crippen LogP contribution in [0.15, 0.2) is 90.0 Å². The van der Waals surface area contributed by atoms with Crippen molar-refractivity contribution >= 4 is 38.2 Å². The maximum atomic E-state index is 12.7. The van der Waals surface area contributed by atoms with Crippen LogP contribution in [0.2, 0.25) is 0 Å². The van der Waals surface area contributed by atoms with Crippen LogP contribution in [-0.2, 0) is 21.4 Å². The van der Waals surface area contributed by atoms with Crippen molar-refractivity contribution in [2.75, 3.05) is 16.6 Å². The molecule has 4 aromatic rings. The first kappa shape index (κ1) is 31.2. The minimum atomic E-state index is -3.72. The van der Waals surface area contributed by atoms with Gasteiger partial charge in [-0.05, 0) is 80.3 Å². The van der Waals surface area contributed by atoms with Gasteiger partial charge in [0.15, 0.2) is 0 Å². The van der Waals surface area contributed by atoms with Crippen LogP contribution in [0.5, 0.6) is 0 Å². The number of aromatic nitrogens is 1. The molecule has 9 nitrogen and oxygen atoms in total. The lowest BCUT2D eigenvalue weighted by molar-refractivity contribution is -0.118. The van der Waals surface area contributed by atoms with Gasteiger partial charge in [0.1, 0.15) is 0 Å². The summed E-state index contributed by atoms with van der Waals surface area (Å²) in [6.45, 7) is 9.06. The molecule has 3 aromatic carbocycles. The second-order valence-electron chi connectivity index (χ2n) is 11.6. The predicted octanol–water partition coefficient (Wildman–Crippen LogP) is 4.86. The molecule has 0 aliphatic carbocycles. The molecule has 2 unspecified atom stereocenters. The SMILES string of the molecule is CC(C)C(N)C(=O)Nc1ccc2c(ccn2CCC(C)(C)NCC(O)c2cccc(NS(=O)(=O)c3ccccc3)c2)c1. The Balaban J connectivity index is 1.33. The van der Waals surface area contributed by atoms with Crippen LogP contribution in [0, 0.1) is 5.92 Å². The van der Waals surface area contributed by atoms with Crippen LogP contribution in [0.25, 0.3) is 10.9 Å². The van der Waals surface area contributed by atoms with Crippen LogP contribution in [0.3, 0.4) is 0 Å². The molecule has 2 atom stereocenters. The maximum absolute atomic E-state index is 12.7. The third-order valence-electron chi connectivity index (χ3n) is 7.39. The van der Waals surface area contributed by atoms with Gasteiger partial charge in [-0.1, -0.05) is 44.2 Å². The van der Waals surface area contributed by atoms with Crippen LogP contribution in [-0.4, -0.2) is 42.1 Å². The predicted molar refractivity (Wildman–Crippen MR) is 169 cm³/mol. The summed E-state index contributed by atoms with van der Waals surface area (Å²) in [6, 6.07) is 22.3. The molecule has 0 aliphatic heterocycles. The molecule has 0 bridgehead atoms. The van der Waals surface area contributed by atoms with Gasteiger partial charge < -0.3 is 26.0 Å². The quantitative estimate of drug-likeness (QED) is 0.151. The van der Waals surface area contributed by atoms with Crippen molar-refractivity contribution in [3.8, 4) is 0 Å². The number of nitrogens with two attached hydrogens (primary N) is 1. The number of anilines is 2. The van der Waals surface area contributed by atoms with Crippen LogP contribution >= 0.6 is 0 Å². The highest BCUT2D eigenvalue weighted by Gasteiger charge is 2.21. The lowest BCUT2D eigenvalue weighted by Gasteiger charge is -2.28. The van der Waals surface area contributed by atoms with Crippen molar-refractivity contribution < 1.29 is 18.3 Å². The van der Waals surface area contributed by atoms with E-state index in [-0.39, 0.29) is 22.3 Å². The number of carbonyl (C=O) groups is 1. The van der Waals surface area contributed by atoms with Gasteiger partial charge in [-0.3, -0.25) is 9.52 Å². The number of aliphatic hydroxyl groups excluding tert-OH is 1. The van der Waals surface area contributed by atoms with Crippen molar-refractivity contribution in [3.05, 3.63) is 90.6 Å². The summed E-state index contributed by atoms with van der Waals surface area (Å²) in [4.78, 5) is 12.5. The highest BCUT2D eigenvalue weighted by atomic mass is 32.2. The number of rotatable bonds is 13. The number of aryl methyl sites for hydroxylation is 1. The number of nitrogens with zero attached hydrogens (tertiary/aromatic N) is 1. The van der Waals surface area contributed by atoms with Crippen molar-refractivity contribution in [1.82, 2.24) is 9.88 Å². The summed E-state index contributed by atoms with van der Waals surface area (Å²) in [5, 5.41) is 18.3. The van der Waals surface area contributed by atoms with Gasteiger partial charge in [0.05, 0.1) is 17.0 Å². The third-order valence-corrected chi connectivity index (χ3v) is 8.79. The van der Waals surface area contributed by atoms with Gasteiger partial charge in [-0.2, -0.15) is 0 Å². The molecule has 6 N–H and O–H groups in total. The van der Waals surface area contributed by atoms with Gasteiger partial charge in [0, 0.05) is 47.1 Å². The second-order valence-corrected chi connectivity index (χ2v) is 13.3. The average molecular weight is 592 g/mol. The summed E-state index contributed by atoms with van der Waals surface area (Å²) in [7, 11) is -3.72. The minimum Gasteiger partial charge on any atom is -0.387 e. The summed E-state index contributed by atoms with van der Waals surface area (Å²) in [5.41, 5.74) is 8.46. The molecule has 10 heteroatoms. The van der Waals surface area contributed by atoms with Gasteiger partial charge in [0.2, 0.25) is 5.91 Å². The Bertz CT molecular complexity index is 1620. The van der Waals surface area contributed by atoms with Gasteiger partial charge in [-0.15, -0.1) is 0 Å². The topological polar surface area (TPSA) is 138 Å². The lowest BCUT2D eigenvalue weighted by Crippen LogP contribution is -2.42. The third kappa shape index (κ3) is 7.98. The molecule has 1 amide bonds. The second kappa shape index (κ2) is 13.1. The fraction of sp³-hybridized carbons (Fsp3) is 0.344. The zero-order chi connectivity index (χ0) is 30.5. The van der Waals surface area contributed by atoms with E-state index in [1.165, 1.54) is 12.1 Å². The number of hydrogen-bond donors (Lipinski definition) is 5. The van der Waals surface area contributed by atoms with Gasteiger partial charge in [-0.25, -0.2) is 8.42 Å². The summed E-state index contributed by atoms with van der Waals surface area (Å²) in [6.07, 6.45) is 2.00. The lowest BCUT2D eigenvalue weighted by atomic mass is 9.99. The Morgan fingerprint density at radius 2 is 1.71 bits per heavy atom. The molecule has 1 aromatic heterocycles. The van der Waals surface area contributed by atoms with E-state index in [0.717, 1.165) is 23.9 Å². The van der Waals surface area contributed by atoms with Gasteiger partial charge in [0.25, 0.3) is 10.0 Å². The van der Waals surface area contributed by atoms with E-state index in [9.17, 15) is 18.3 Å². The molecule has 42 heavy (non-hydrogen) atoms. The number of amides is 1. The maximum Gasteiger partial charge on any atom is 0.261 e. The van der Waals surface area contributed by atoms with Crippen LogP contribution in [0.1, 0.15) is 45.8 Å². The monoisotopic (exact) mass is 591 g/mol. The standard InChI is InChI=1S/C32H41N5O4S/c1-22(2)30(33)31(39)35-25-13-14-28-23(19-25)15-17-37(28)18-16-32(3,4)34-21-29(38)24-9-8-10-26(20-24)36-42(40,41)27-11-6-5-7-12-27/h5-15,17,19-20,22,29-30,34,36,38H,16,18,21,33H2,1-4H3,(H,35,39). The Labute approximate surface area is 248 Å². The molecule has 4 rings (SSSR count). The van der Waals surface area contributed by atoms with E-state index in [1.807, 2.05) is 44.3 Å². The van der Waals surface area contributed by atoms with Gasteiger partial charge >= 0.3 is 0 Å². The summed E-state index contributed by atoms with van der Waals surface area (Å²) in [5.74, 6) is -0.141. The highest BCUT2D eigenvalue weighted by molar-refractivity contribution is 7.92. The molecular formula is C32H41N5O4S. The van der Waals surface area contributed by atoms with E-state index in [0.29, 0.717) is 23.5 Å². The first-order chi connectivity index (χ1) is 19.8. The number of fused-ring (bicyclic) bond motifs is 1. The zero-order valence-electron chi connectivity index (χ0n) is 24.5. The molecule has 0 radical (unpaired) electrons. The van der Waals surface area contributed by atoms with Crippen molar-refractivity contribution in [2.24, 2.45) is 11.7 Å². The van der Waals surface area contributed by atoms with Crippen molar-refractivity contribution in [3.63, 3.8) is 0 Å². The number of nitrogens with one attached hydrogen (secondary N) is 3. The number of aliphatic hydroxyl groups is 1. The molecule has 0 spiro atoms. The number of hydrogen-bond acceptors (Lipinski definition) is 6. The molecule has 0 saturated carbocycles. The minimum absolute atomic E-state index is 0.0545. The summed E-state index contributed by atoms with van der Waals surface area (Å²) >= 11 is 0. The number of benzene rings is 3. The fourth-order valence-electron chi connectivity index (χ4n) is 4.60. The molecule has 1 heterocycles. The van der Waals surface area contributed by atoms with Crippen molar-refractivity contribution in [2.45, 2.75) is 63.2 Å². The first-order valence-corrected chi connectivity index (χ1v) is 15.6. The highest BCUT2D eigenvalue weighted by Crippen LogP contribution is 2.24. The average Bonchev–Trinajstić information content (AvgIpc) is 3.37. The molecule has 224 valence electrons. The molecule has 0 fully saturated rings. The Morgan fingerprint density at radius 3 is 2.43 bits per heavy atom. The van der Waals surface area contributed by atoms with E-state index >= 15 is 0 Å².